The third-order valence-corrected chi connectivity index (χ3v) is 18.0. The van der Waals surface area contributed by atoms with Gasteiger partial charge in [-0.2, -0.15) is 0 Å². The Bertz CT molecular complexity index is 5070. The predicted octanol–water partition coefficient (Wildman–Crippen LogP) is 17.7. The molecule has 0 spiro atoms. The molecule has 0 aliphatic heterocycles. The van der Waals surface area contributed by atoms with Crippen molar-refractivity contribution in [2.24, 2.45) is 0 Å². The minimum absolute atomic E-state index is 0.00164. The highest BCUT2D eigenvalue weighted by Crippen LogP contribution is 2.43. The standard InChI is InChI=1S/C104H80O16/c1-105-65-113-97-49-41-81-33-25-73-9-11-75(12-10-73)27-35-83-43-51-99(115-67-107-3)91(59-83)93-61-85(45-53-101(93)117-69-109-5)37-29-77-17-19-79(20-18-77)31-39-87-47-55-103(119-71-111-7)95(63-87)96-64-88(48-56-104(96)120-72-112-8)40-32-80-23-21-78(22-24-80)30-38-86-46-54-102(118-70-110-6)94(62-86)92-60-84(44-52-100(92)116-68-108-4)36-28-76-15-13-74(14-16-76)26-34-82-42-50-98(114-66-106-2)90(58-82)89(97)57-81/h9-24,41-64H,65-72H2,1-8H3. The SMILES string of the molecule is COCOc1ccc2cc1-c1cc(ccc1OCOC)C#Cc1ccc(cc1)C#Cc1ccc(OCOC)c(c1)-c1cc(ccc1OCOC)C#Cc1ccc(cc1)C#Cc1ccc(OCOC)c(c1)-c1cc(ccc1OCOC)C#Cc1ccc(cc1)C#Cc1ccc(OCOC)c(c1)-c1cc(ccc1OCOC)C#Cc1ccc(cc1)C#C2. The van der Waals surface area contributed by atoms with Gasteiger partial charge in [-0.25, -0.2) is 0 Å². The third kappa shape index (κ3) is 22.8. The van der Waals surface area contributed by atoms with E-state index in [4.69, 9.17) is 75.8 Å². The van der Waals surface area contributed by atoms with Gasteiger partial charge in [-0.3, -0.25) is 0 Å². The van der Waals surface area contributed by atoms with Gasteiger partial charge < -0.3 is 75.8 Å². The van der Waals surface area contributed by atoms with Gasteiger partial charge in [0.2, 0.25) is 0 Å². The minimum atomic E-state index is 0.00164. The predicted molar refractivity (Wildman–Crippen MR) is 461 cm³/mol. The van der Waals surface area contributed by atoms with Crippen molar-refractivity contribution in [1.82, 2.24) is 0 Å². The average Bonchev–Trinajstić information content (AvgIpc) is 0.812. The van der Waals surface area contributed by atoms with E-state index in [9.17, 15) is 0 Å². The second-order valence-electron chi connectivity index (χ2n) is 26.4. The van der Waals surface area contributed by atoms with E-state index in [0.717, 1.165) is 89.0 Å². The Labute approximate surface area is 700 Å². The number of rotatable bonds is 24. The first-order valence-electron chi connectivity index (χ1n) is 37.7. The molecule has 0 unspecified atom stereocenters. The largest absolute Gasteiger partial charge is 0.467 e. The first kappa shape index (κ1) is 83.2. The van der Waals surface area contributed by atoms with Gasteiger partial charge in [0.1, 0.15) is 46.0 Å². The van der Waals surface area contributed by atoms with Crippen LogP contribution in [0.3, 0.4) is 0 Å². The van der Waals surface area contributed by atoms with Crippen LogP contribution in [0.2, 0.25) is 0 Å². The Morgan fingerprint density at radius 1 is 0.133 bits per heavy atom. The van der Waals surface area contributed by atoms with Crippen LogP contribution in [0.15, 0.2) is 243 Å². The number of ether oxygens (including phenoxy) is 16. The van der Waals surface area contributed by atoms with Gasteiger partial charge in [0.05, 0.1) is 0 Å². The van der Waals surface area contributed by atoms with E-state index in [1.807, 2.05) is 243 Å². The van der Waals surface area contributed by atoms with Crippen molar-refractivity contribution in [1.29, 1.82) is 0 Å². The van der Waals surface area contributed by atoms with Crippen molar-refractivity contribution in [2.75, 3.05) is 111 Å². The monoisotopic (exact) mass is 1580 g/mol. The van der Waals surface area contributed by atoms with Crippen LogP contribution in [-0.4, -0.2) is 111 Å². The molecule has 24 bridgehead atoms. The lowest BCUT2D eigenvalue weighted by Crippen LogP contribution is -2.03. The van der Waals surface area contributed by atoms with Crippen LogP contribution >= 0.6 is 0 Å². The zero-order chi connectivity index (χ0) is 83.0. The Morgan fingerprint density at radius 3 is 0.325 bits per heavy atom. The molecule has 0 atom stereocenters. The molecular weight excluding hydrogens is 1510 g/mol. The summed E-state index contributed by atoms with van der Waals surface area (Å²) >= 11 is 0. The van der Waals surface area contributed by atoms with Crippen molar-refractivity contribution >= 4 is 0 Å². The van der Waals surface area contributed by atoms with Crippen molar-refractivity contribution < 1.29 is 75.8 Å². The highest BCUT2D eigenvalue weighted by atomic mass is 16.7. The van der Waals surface area contributed by atoms with Crippen molar-refractivity contribution in [2.45, 2.75) is 0 Å². The molecule has 0 heterocycles. The number of hydrogen-bond acceptors (Lipinski definition) is 16. The van der Waals surface area contributed by atoms with Gasteiger partial charge >= 0.3 is 0 Å². The Hall–Kier alpha value is -14.8. The molecule has 16 heteroatoms. The molecule has 0 saturated carbocycles. The van der Waals surface area contributed by atoms with Crippen LogP contribution < -0.4 is 37.9 Å². The fourth-order valence-electron chi connectivity index (χ4n) is 12.2. The van der Waals surface area contributed by atoms with E-state index < -0.39 is 0 Å². The summed E-state index contributed by atoms with van der Waals surface area (Å²) in [6.45, 7) is 0.0131. The van der Waals surface area contributed by atoms with Crippen molar-refractivity contribution in [3.8, 4) is 185 Å². The maximum absolute atomic E-state index is 6.17. The second kappa shape index (κ2) is 42.7. The minimum Gasteiger partial charge on any atom is -0.467 e. The van der Waals surface area contributed by atoms with Crippen LogP contribution in [0.1, 0.15) is 89.0 Å². The Kier molecular flexibility index (Phi) is 29.6. The third-order valence-electron chi connectivity index (χ3n) is 18.0. The molecule has 12 aromatic rings. The Morgan fingerprint density at radius 2 is 0.225 bits per heavy atom. The van der Waals surface area contributed by atoms with Crippen molar-refractivity contribution in [3.05, 3.63) is 332 Å². The number of hydrogen-bond donors (Lipinski definition) is 0. The van der Waals surface area contributed by atoms with Crippen LogP contribution in [0.5, 0.6) is 46.0 Å². The molecule has 0 saturated heterocycles. The van der Waals surface area contributed by atoms with E-state index in [1.54, 1.807) is 56.9 Å². The summed E-state index contributed by atoms with van der Waals surface area (Å²) in [6, 6.07) is 76.8. The van der Waals surface area contributed by atoms with Gasteiger partial charge in [-0.05, 0) is 243 Å². The molecular formula is C104H80O16. The van der Waals surface area contributed by atoms with Gasteiger partial charge in [-0.15, -0.1) is 0 Å². The molecule has 0 radical (unpaired) electrons. The lowest BCUT2D eigenvalue weighted by molar-refractivity contribution is 0.0500. The molecule has 7 aliphatic rings. The molecule has 0 N–H and O–H groups in total. The first-order chi connectivity index (χ1) is 59.1. The summed E-state index contributed by atoms with van der Waals surface area (Å²) in [5.41, 5.74) is 17.6. The molecule has 0 aromatic heterocycles. The first-order valence-corrected chi connectivity index (χ1v) is 37.7. The molecule has 0 fully saturated rings. The smallest absolute Gasteiger partial charge is 0.188 e. The lowest BCUT2D eigenvalue weighted by Gasteiger charge is -2.16. The highest BCUT2D eigenvalue weighted by molar-refractivity contribution is 5.83. The van der Waals surface area contributed by atoms with E-state index in [-0.39, 0.29) is 54.3 Å². The van der Waals surface area contributed by atoms with Crippen LogP contribution in [0.4, 0.5) is 0 Å². The van der Waals surface area contributed by atoms with Crippen LogP contribution in [0, 0.1) is 94.7 Å². The van der Waals surface area contributed by atoms with Crippen LogP contribution in [0.25, 0.3) is 44.5 Å². The Balaban J connectivity index is 0.870. The zero-order valence-electron chi connectivity index (χ0n) is 67.3. The topological polar surface area (TPSA) is 148 Å². The summed E-state index contributed by atoms with van der Waals surface area (Å²) in [5.74, 6) is 58.0. The summed E-state index contributed by atoms with van der Waals surface area (Å²) in [6.07, 6.45) is 0. The maximum atomic E-state index is 6.17. The molecule has 7 aliphatic carbocycles. The molecule has 592 valence electrons. The van der Waals surface area contributed by atoms with E-state index in [2.05, 4.69) is 94.7 Å². The maximum Gasteiger partial charge on any atom is 0.188 e. The fraction of sp³-hybridized carbons (Fsp3) is 0.154. The van der Waals surface area contributed by atoms with Gasteiger partial charge in [0.15, 0.2) is 54.3 Å². The van der Waals surface area contributed by atoms with E-state index in [0.29, 0.717) is 90.5 Å². The molecule has 12 aromatic carbocycles. The zero-order valence-corrected chi connectivity index (χ0v) is 67.3. The summed E-state index contributed by atoms with van der Waals surface area (Å²) in [7, 11) is 12.6. The molecule has 19 rings (SSSR count). The van der Waals surface area contributed by atoms with Gasteiger partial charge in [0.25, 0.3) is 0 Å². The molecule has 0 amide bonds. The summed E-state index contributed by atoms with van der Waals surface area (Å²) in [5, 5.41) is 0. The highest BCUT2D eigenvalue weighted by Gasteiger charge is 2.20. The van der Waals surface area contributed by atoms with Crippen molar-refractivity contribution in [3.63, 3.8) is 0 Å². The summed E-state index contributed by atoms with van der Waals surface area (Å²) < 4.78 is 92.4. The average molecular weight is 1590 g/mol. The van der Waals surface area contributed by atoms with Crippen LogP contribution in [-0.2, 0) is 37.9 Å². The summed E-state index contributed by atoms with van der Waals surface area (Å²) in [4.78, 5) is 0. The number of benzene rings is 12. The van der Waals surface area contributed by atoms with E-state index in [1.165, 1.54) is 0 Å². The number of methoxy groups -OCH3 is 8. The molecule has 120 heavy (non-hydrogen) atoms. The lowest BCUT2D eigenvalue weighted by atomic mass is 9.98. The second-order valence-corrected chi connectivity index (χ2v) is 26.4. The normalized spacial score (nSPS) is 10.9. The quantitative estimate of drug-likeness (QED) is 0.0417. The fourth-order valence-corrected chi connectivity index (χ4v) is 12.2. The van der Waals surface area contributed by atoms with Gasteiger partial charge in [0, 0.05) is 190 Å². The molecule has 16 nitrogen and oxygen atoms in total. The van der Waals surface area contributed by atoms with Gasteiger partial charge in [-0.1, -0.05) is 94.7 Å². The van der Waals surface area contributed by atoms with E-state index >= 15 is 0 Å².